The van der Waals surface area contributed by atoms with Crippen molar-refractivity contribution in [1.82, 2.24) is 4.90 Å². The first-order chi connectivity index (χ1) is 8.40. The summed E-state index contributed by atoms with van der Waals surface area (Å²) in [6.07, 6.45) is 2.73. The summed E-state index contributed by atoms with van der Waals surface area (Å²) in [5, 5.41) is 0. The standard InChI is InChI=1S/C14H23N3/c15-8-11-17(14-6-2-1-3-7-14)13-12-16-9-4-5-10-16/h1-3,6-7H,4-5,8-13,15H2. The van der Waals surface area contributed by atoms with Gasteiger partial charge in [-0.15, -0.1) is 0 Å². The molecule has 0 amide bonds. The zero-order valence-electron chi connectivity index (χ0n) is 10.5. The third-order valence-corrected chi connectivity index (χ3v) is 3.41. The van der Waals surface area contributed by atoms with Crippen molar-refractivity contribution in [3.63, 3.8) is 0 Å². The Morgan fingerprint density at radius 3 is 2.41 bits per heavy atom. The van der Waals surface area contributed by atoms with Crippen LogP contribution in [0.25, 0.3) is 0 Å². The van der Waals surface area contributed by atoms with E-state index in [-0.39, 0.29) is 0 Å². The van der Waals surface area contributed by atoms with Gasteiger partial charge in [-0.25, -0.2) is 0 Å². The zero-order chi connectivity index (χ0) is 11.9. The van der Waals surface area contributed by atoms with Gasteiger partial charge in [-0.2, -0.15) is 0 Å². The van der Waals surface area contributed by atoms with Gasteiger partial charge >= 0.3 is 0 Å². The molecule has 1 heterocycles. The molecule has 0 atom stereocenters. The summed E-state index contributed by atoms with van der Waals surface area (Å²) in [6.45, 7) is 6.44. The fourth-order valence-electron chi connectivity index (χ4n) is 2.43. The van der Waals surface area contributed by atoms with Crippen molar-refractivity contribution in [2.24, 2.45) is 5.73 Å². The lowest BCUT2D eigenvalue weighted by Crippen LogP contribution is -2.36. The van der Waals surface area contributed by atoms with Crippen LogP contribution in [0.5, 0.6) is 0 Å². The predicted molar refractivity (Wildman–Crippen MR) is 73.4 cm³/mol. The van der Waals surface area contributed by atoms with E-state index in [1.807, 2.05) is 0 Å². The summed E-state index contributed by atoms with van der Waals surface area (Å²) in [6, 6.07) is 10.6. The maximum atomic E-state index is 5.70. The molecule has 1 fully saturated rings. The molecule has 1 aliphatic heterocycles. The molecule has 0 spiro atoms. The van der Waals surface area contributed by atoms with Gasteiger partial charge in [-0.1, -0.05) is 18.2 Å². The number of nitrogens with two attached hydrogens (primary N) is 1. The molecule has 0 radical (unpaired) electrons. The first-order valence-corrected chi connectivity index (χ1v) is 6.62. The highest BCUT2D eigenvalue weighted by Crippen LogP contribution is 2.13. The molecular formula is C14H23N3. The van der Waals surface area contributed by atoms with E-state index >= 15 is 0 Å². The largest absolute Gasteiger partial charge is 0.369 e. The molecule has 3 heteroatoms. The Labute approximate surface area is 104 Å². The lowest BCUT2D eigenvalue weighted by molar-refractivity contribution is 0.345. The molecule has 1 aromatic rings. The fourth-order valence-corrected chi connectivity index (χ4v) is 2.43. The summed E-state index contributed by atoms with van der Waals surface area (Å²) in [4.78, 5) is 4.94. The Kier molecular flexibility index (Phi) is 4.83. The highest BCUT2D eigenvalue weighted by Gasteiger charge is 2.13. The van der Waals surface area contributed by atoms with Crippen molar-refractivity contribution in [2.75, 3.05) is 44.2 Å². The molecule has 0 saturated carbocycles. The molecule has 0 unspecified atom stereocenters. The van der Waals surface area contributed by atoms with Gasteiger partial charge in [0.05, 0.1) is 0 Å². The molecule has 0 aromatic heterocycles. The predicted octanol–water partition coefficient (Wildman–Crippen LogP) is 1.55. The second kappa shape index (κ2) is 6.62. The molecule has 1 saturated heterocycles. The van der Waals surface area contributed by atoms with Gasteiger partial charge in [0.2, 0.25) is 0 Å². The topological polar surface area (TPSA) is 32.5 Å². The summed E-state index contributed by atoms with van der Waals surface area (Å²) in [5.41, 5.74) is 6.98. The van der Waals surface area contributed by atoms with E-state index in [4.69, 9.17) is 5.73 Å². The van der Waals surface area contributed by atoms with E-state index in [9.17, 15) is 0 Å². The smallest absolute Gasteiger partial charge is 0.0367 e. The van der Waals surface area contributed by atoms with Gasteiger partial charge in [0.25, 0.3) is 0 Å². The number of hydrogen-bond acceptors (Lipinski definition) is 3. The SMILES string of the molecule is NCCN(CCN1CCCC1)c1ccccc1. The fraction of sp³-hybridized carbons (Fsp3) is 0.571. The van der Waals surface area contributed by atoms with Gasteiger partial charge in [-0.3, -0.25) is 0 Å². The third-order valence-electron chi connectivity index (χ3n) is 3.41. The Balaban J connectivity index is 1.88. The van der Waals surface area contributed by atoms with Crippen molar-refractivity contribution in [3.05, 3.63) is 30.3 Å². The lowest BCUT2D eigenvalue weighted by Gasteiger charge is -2.26. The minimum Gasteiger partial charge on any atom is -0.369 e. The van der Waals surface area contributed by atoms with Gasteiger partial charge in [-0.05, 0) is 38.1 Å². The van der Waals surface area contributed by atoms with Crippen LogP contribution in [0, 0.1) is 0 Å². The first kappa shape index (κ1) is 12.4. The number of anilines is 1. The van der Waals surface area contributed by atoms with E-state index in [0.717, 1.165) is 26.2 Å². The second-order valence-electron chi connectivity index (χ2n) is 4.66. The number of benzene rings is 1. The number of likely N-dealkylation sites (tertiary alicyclic amines) is 1. The Hall–Kier alpha value is -1.06. The Morgan fingerprint density at radius 1 is 1.06 bits per heavy atom. The monoisotopic (exact) mass is 233 g/mol. The normalized spacial score (nSPS) is 16.3. The Bertz CT molecular complexity index is 307. The molecule has 0 bridgehead atoms. The number of nitrogens with zero attached hydrogens (tertiary/aromatic N) is 2. The van der Waals surface area contributed by atoms with Crippen molar-refractivity contribution in [3.8, 4) is 0 Å². The number of para-hydroxylation sites is 1. The van der Waals surface area contributed by atoms with Crippen LogP contribution in [0.1, 0.15) is 12.8 Å². The molecule has 17 heavy (non-hydrogen) atoms. The van der Waals surface area contributed by atoms with Gasteiger partial charge in [0.1, 0.15) is 0 Å². The van der Waals surface area contributed by atoms with Gasteiger partial charge in [0.15, 0.2) is 0 Å². The number of hydrogen-bond donors (Lipinski definition) is 1. The van der Waals surface area contributed by atoms with Gasteiger partial charge < -0.3 is 15.5 Å². The van der Waals surface area contributed by atoms with Crippen molar-refractivity contribution < 1.29 is 0 Å². The van der Waals surface area contributed by atoms with Crippen molar-refractivity contribution >= 4 is 5.69 Å². The van der Waals surface area contributed by atoms with Crippen molar-refractivity contribution in [2.45, 2.75) is 12.8 Å². The van der Waals surface area contributed by atoms with Crippen LogP contribution in [0.3, 0.4) is 0 Å². The molecule has 1 aliphatic rings. The average Bonchev–Trinajstić information content (AvgIpc) is 2.88. The molecule has 2 rings (SSSR count). The van der Waals surface area contributed by atoms with E-state index in [1.165, 1.54) is 31.6 Å². The maximum Gasteiger partial charge on any atom is 0.0367 e. The summed E-state index contributed by atoms with van der Waals surface area (Å²) >= 11 is 0. The molecule has 0 aliphatic carbocycles. The zero-order valence-corrected chi connectivity index (χ0v) is 10.5. The summed E-state index contributed by atoms with van der Waals surface area (Å²) in [5.74, 6) is 0. The highest BCUT2D eigenvalue weighted by molar-refractivity contribution is 5.45. The third kappa shape index (κ3) is 3.72. The molecule has 94 valence electrons. The van der Waals surface area contributed by atoms with Crippen LogP contribution in [-0.4, -0.2) is 44.2 Å². The van der Waals surface area contributed by atoms with Crippen LogP contribution >= 0.6 is 0 Å². The highest BCUT2D eigenvalue weighted by atomic mass is 15.2. The van der Waals surface area contributed by atoms with E-state index in [1.54, 1.807) is 0 Å². The van der Waals surface area contributed by atoms with E-state index in [2.05, 4.69) is 40.1 Å². The summed E-state index contributed by atoms with van der Waals surface area (Å²) < 4.78 is 0. The van der Waals surface area contributed by atoms with Crippen LogP contribution in [0.15, 0.2) is 30.3 Å². The van der Waals surface area contributed by atoms with Crippen molar-refractivity contribution in [1.29, 1.82) is 0 Å². The van der Waals surface area contributed by atoms with E-state index in [0.29, 0.717) is 0 Å². The molecule has 2 N–H and O–H groups in total. The Morgan fingerprint density at radius 2 is 1.76 bits per heavy atom. The first-order valence-electron chi connectivity index (χ1n) is 6.62. The van der Waals surface area contributed by atoms with Crippen LogP contribution in [0.4, 0.5) is 5.69 Å². The minimum absolute atomic E-state index is 0.717. The second-order valence-corrected chi connectivity index (χ2v) is 4.66. The van der Waals surface area contributed by atoms with Gasteiger partial charge in [0, 0.05) is 31.9 Å². The minimum atomic E-state index is 0.717. The number of rotatable bonds is 6. The maximum absolute atomic E-state index is 5.70. The molecular weight excluding hydrogens is 210 g/mol. The van der Waals surface area contributed by atoms with Crippen LogP contribution in [0.2, 0.25) is 0 Å². The molecule has 3 nitrogen and oxygen atoms in total. The van der Waals surface area contributed by atoms with Crippen LogP contribution < -0.4 is 10.6 Å². The van der Waals surface area contributed by atoms with E-state index < -0.39 is 0 Å². The lowest BCUT2D eigenvalue weighted by atomic mass is 10.3. The molecule has 1 aromatic carbocycles. The summed E-state index contributed by atoms with van der Waals surface area (Å²) in [7, 11) is 0. The van der Waals surface area contributed by atoms with Crippen LogP contribution in [-0.2, 0) is 0 Å². The quantitative estimate of drug-likeness (QED) is 0.809. The average molecular weight is 233 g/mol.